The van der Waals surface area contributed by atoms with Gasteiger partial charge in [0.15, 0.2) is 0 Å². The molecule has 0 atom stereocenters. The molecule has 1 aromatic rings. The Morgan fingerprint density at radius 1 is 1.42 bits per heavy atom. The van der Waals surface area contributed by atoms with E-state index in [-0.39, 0.29) is 10.6 Å². The van der Waals surface area contributed by atoms with Crippen LogP contribution in [-0.2, 0) is 0 Å². The van der Waals surface area contributed by atoms with Crippen LogP contribution in [0.25, 0.3) is 0 Å². The number of nitro groups is 1. The lowest BCUT2D eigenvalue weighted by atomic mass is 9.92. The predicted molar refractivity (Wildman–Crippen MR) is 75.5 cm³/mol. The first kappa shape index (κ1) is 13.8. The summed E-state index contributed by atoms with van der Waals surface area (Å²) >= 11 is 0. The SMILES string of the molecule is CCCC1CCN(c2ccc([N+](=O)[O-])c(C)n2)CC1. The van der Waals surface area contributed by atoms with Crippen LogP contribution >= 0.6 is 0 Å². The fourth-order valence-electron chi connectivity index (χ4n) is 2.77. The molecule has 1 aliphatic rings. The molecule has 0 aliphatic carbocycles. The highest BCUT2D eigenvalue weighted by Crippen LogP contribution is 2.26. The van der Waals surface area contributed by atoms with Gasteiger partial charge in [0, 0.05) is 19.2 Å². The molecule has 0 bridgehead atoms. The zero-order valence-corrected chi connectivity index (χ0v) is 11.6. The molecule has 2 rings (SSSR count). The zero-order chi connectivity index (χ0) is 13.8. The van der Waals surface area contributed by atoms with Crippen molar-refractivity contribution < 1.29 is 4.92 Å². The minimum absolute atomic E-state index is 0.101. The normalized spacial score (nSPS) is 16.6. The smallest absolute Gasteiger partial charge is 0.290 e. The van der Waals surface area contributed by atoms with E-state index < -0.39 is 0 Å². The minimum Gasteiger partial charge on any atom is -0.357 e. The molecular formula is C14H21N3O2. The third-order valence-corrected chi connectivity index (χ3v) is 3.88. The molecule has 1 aliphatic heterocycles. The van der Waals surface area contributed by atoms with Gasteiger partial charge in [-0.25, -0.2) is 4.98 Å². The van der Waals surface area contributed by atoms with Gasteiger partial charge in [-0.1, -0.05) is 19.8 Å². The predicted octanol–water partition coefficient (Wildman–Crippen LogP) is 3.31. The first-order valence-corrected chi connectivity index (χ1v) is 6.98. The van der Waals surface area contributed by atoms with Gasteiger partial charge >= 0.3 is 0 Å². The number of piperidine rings is 1. The van der Waals surface area contributed by atoms with Crippen molar-refractivity contribution in [2.45, 2.75) is 39.5 Å². The topological polar surface area (TPSA) is 59.3 Å². The summed E-state index contributed by atoms with van der Waals surface area (Å²) in [5.74, 6) is 1.71. The fourth-order valence-corrected chi connectivity index (χ4v) is 2.77. The van der Waals surface area contributed by atoms with E-state index in [0.717, 1.165) is 24.8 Å². The van der Waals surface area contributed by atoms with Gasteiger partial charge in [-0.3, -0.25) is 10.1 Å². The number of nitrogens with zero attached hydrogens (tertiary/aromatic N) is 3. The largest absolute Gasteiger partial charge is 0.357 e. The minimum atomic E-state index is -0.375. The number of rotatable bonds is 4. The third-order valence-electron chi connectivity index (χ3n) is 3.88. The molecular weight excluding hydrogens is 242 g/mol. The van der Waals surface area contributed by atoms with E-state index >= 15 is 0 Å². The molecule has 0 saturated carbocycles. The lowest BCUT2D eigenvalue weighted by Crippen LogP contribution is -2.34. The van der Waals surface area contributed by atoms with E-state index in [1.54, 1.807) is 19.1 Å². The number of hydrogen-bond acceptors (Lipinski definition) is 4. The number of hydrogen-bond donors (Lipinski definition) is 0. The summed E-state index contributed by atoms with van der Waals surface area (Å²) in [4.78, 5) is 17.0. The Hall–Kier alpha value is -1.65. The van der Waals surface area contributed by atoms with Crippen LogP contribution < -0.4 is 4.90 Å². The van der Waals surface area contributed by atoms with Crippen LogP contribution in [0.1, 0.15) is 38.3 Å². The van der Waals surface area contributed by atoms with Crippen LogP contribution in [0, 0.1) is 23.0 Å². The Morgan fingerprint density at radius 3 is 2.63 bits per heavy atom. The van der Waals surface area contributed by atoms with Gasteiger partial charge in [0.05, 0.1) is 4.92 Å². The molecule has 0 amide bonds. The summed E-state index contributed by atoms with van der Waals surface area (Å²) in [6.07, 6.45) is 4.96. The average molecular weight is 263 g/mol. The molecule has 0 N–H and O–H groups in total. The summed E-state index contributed by atoms with van der Waals surface area (Å²) in [7, 11) is 0. The number of aryl methyl sites for hydroxylation is 1. The number of pyridine rings is 1. The molecule has 1 fully saturated rings. The van der Waals surface area contributed by atoms with Crippen molar-refractivity contribution in [3.8, 4) is 0 Å². The Labute approximate surface area is 113 Å². The molecule has 5 heteroatoms. The zero-order valence-electron chi connectivity index (χ0n) is 11.6. The van der Waals surface area contributed by atoms with Crippen LogP contribution in [0.5, 0.6) is 0 Å². The van der Waals surface area contributed by atoms with Crippen LogP contribution in [-0.4, -0.2) is 23.0 Å². The molecule has 1 aromatic heterocycles. The molecule has 104 valence electrons. The molecule has 0 spiro atoms. The third kappa shape index (κ3) is 3.22. The maximum absolute atomic E-state index is 10.8. The van der Waals surface area contributed by atoms with Gasteiger partial charge in [-0.15, -0.1) is 0 Å². The van der Waals surface area contributed by atoms with E-state index in [4.69, 9.17) is 0 Å². The summed E-state index contributed by atoms with van der Waals surface area (Å²) in [6, 6.07) is 3.33. The van der Waals surface area contributed by atoms with Crippen molar-refractivity contribution in [1.82, 2.24) is 4.98 Å². The van der Waals surface area contributed by atoms with Gasteiger partial charge < -0.3 is 4.90 Å². The van der Waals surface area contributed by atoms with Crippen LogP contribution in [0.15, 0.2) is 12.1 Å². The number of aromatic nitrogens is 1. The first-order chi connectivity index (χ1) is 9.11. The monoisotopic (exact) mass is 263 g/mol. The molecule has 19 heavy (non-hydrogen) atoms. The molecule has 1 saturated heterocycles. The van der Waals surface area contributed by atoms with Crippen molar-refractivity contribution in [1.29, 1.82) is 0 Å². The molecule has 0 radical (unpaired) electrons. The highest BCUT2D eigenvalue weighted by molar-refractivity contribution is 5.47. The van der Waals surface area contributed by atoms with E-state index in [0.29, 0.717) is 5.69 Å². The summed E-state index contributed by atoms with van der Waals surface area (Å²) in [5, 5.41) is 10.8. The van der Waals surface area contributed by atoms with E-state index in [1.165, 1.54) is 25.7 Å². The second-order valence-electron chi connectivity index (χ2n) is 5.25. The fraction of sp³-hybridized carbons (Fsp3) is 0.643. The second-order valence-corrected chi connectivity index (χ2v) is 5.25. The molecule has 2 heterocycles. The standard InChI is InChI=1S/C14H21N3O2/c1-3-4-12-7-9-16(10-8-12)14-6-5-13(17(18)19)11(2)15-14/h5-6,12H,3-4,7-10H2,1-2H3. The molecule has 5 nitrogen and oxygen atoms in total. The molecule has 0 aromatic carbocycles. The van der Waals surface area contributed by atoms with E-state index in [1.807, 2.05) is 0 Å². The Morgan fingerprint density at radius 2 is 2.11 bits per heavy atom. The Kier molecular flexibility index (Phi) is 4.35. The van der Waals surface area contributed by atoms with Crippen molar-refractivity contribution in [3.63, 3.8) is 0 Å². The van der Waals surface area contributed by atoms with Gasteiger partial charge in [-0.05, 0) is 31.7 Å². The van der Waals surface area contributed by atoms with E-state index in [2.05, 4.69) is 16.8 Å². The van der Waals surface area contributed by atoms with Crippen molar-refractivity contribution in [2.24, 2.45) is 5.92 Å². The maximum Gasteiger partial charge on any atom is 0.290 e. The Balaban J connectivity index is 2.04. The van der Waals surface area contributed by atoms with Gasteiger partial charge in [0.2, 0.25) is 0 Å². The quantitative estimate of drug-likeness (QED) is 0.617. The van der Waals surface area contributed by atoms with Crippen molar-refractivity contribution >= 4 is 11.5 Å². The van der Waals surface area contributed by atoms with Crippen LogP contribution in [0.4, 0.5) is 11.5 Å². The van der Waals surface area contributed by atoms with Gasteiger partial charge in [0.1, 0.15) is 11.5 Å². The van der Waals surface area contributed by atoms with Crippen molar-refractivity contribution in [3.05, 3.63) is 27.9 Å². The lowest BCUT2D eigenvalue weighted by Gasteiger charge is -2.32. The summed E-state index contributed by atoms with van der Waals surface area (Å²) < 4.78 is 0. The highest BCUT2D eigenvalue weighted by Gasteiger charge is 2.21. The van der Waals surface area contributed by atoms with Crippen LogP contribution in [0.2, 0.25) is 0 Å². The summed E-state index contributed by atoms with van der Waals surface area (Å²) in [5.41, 5.74) is 0.600. The summed E-state index contributed by atoms with van der Waals surface area (Å²) in [6.45, 7) is 5.95. The van der Waals surface area contributed by atoms with Gasteiger partial charge in [0.25, 0.3) is 5.69 Å². The lowest BCUT2D eigenvalue weighted by molar-refractivity contribution is -0.385. The highest BCUT2D eigenvalue weighted by atomic mass is 16.6. The Bertz CT molecular complexity index is 454. The maximum atomic E-state index is 10.8. The van der Waals surface area contributed by atoms with E-state index in [9.17, 15) is 10.1 Å². The van der Waals surface area contributed by atoms with Gasteiger partial charge in [-0.2, -0.15) is 0 Å². The van der Waals surface area contributed by atoms with Crippen molar-refractivity contribution in [2.75, 3.05) is 18.0 Å². The second kappa shape index (κ2) is 5.99. The molecule has 0 unspecified atom stereocenters. The number of anilines is 1. The average Bonchev–Trinajstić information content (AvgIpc) is 2.39. The van der Waals surface area contributed by atoms with Crippen LogP contribution in [0.3, 0.4) is 0 Å². The first-order valence-electron chi connectivity index (χ1n) is 6.98.